The zero-order valence-corrected chi connectivity index (χ0v) is 13.4. The number of nitrogens with zero attached hydrogens (tertiary/aromatic N) is 2. The van der Waals surface area contributed by atoms with Gasteiger partial charge in [-0.05, 0) is 31.6 Å². The highest BCUT2D eigenvalue weighted by atomic mass is 16.5. The third-order valence-electron chi connectivity index (χ3n) is 5.80. The van der Waals surface area contributed by atoms with Gasteiger partial charge in [0, 0.05) is 45.2 Å². The van der Waals surface area contributed by atoms with E-state index in [0.717, 1.165) is 31.8 Å². The Morgan fingerprint density at radius 1 is 1.14 bits per heavy atom. The van der Waals surface area contributed by atoms with Gasteiger partial charge in [0.05, 0.1) is 6.61 Å². The van der Waals surface area contributed by atoms with Crippen LogP contribution in [0, 0.1) is 5.92 Å². The molecule has 2 heterocycles. The van der Waals surface area contributed by atoms with Crippen LogP contribution in [0.1, 0.15) is 51.4 Å². The predicted octanol–water partition coefficient (Wildman–Crippen LogP) is 2.28. The summed E-state index contributed by atoms with van der Waals surface area (Å²) >= 11 is 0. The summed E-state index contributed by atoms with van der Waals surface area (Å²) in [6.45, 7) is 3.84. The molecule has 21 heavy (non-hydrogen) atoms. The Kier molecular flexibility index (Phi) is 5.17. The van der Waals surface area contributed by atoms with Gasteiger partial charge in [0.1, 0.15) is 0 Å². The lowest BCUT2D eigenvalue weighted by Gasteiger charge is -2.49. The van der Waals surface area contributed by atoms with Gasteiger partial charge in [-0.25, -0.2) is 0 Å². The van der Waals surface area contributed by atoms with Crippen molar-refractivity contribution in [3.05, 3.63) is 0 Å². The molecule has 0 bridgehead atoms. The lowest BCUT2D eigenvalue weighted by Crippen LogP contribution is -2.58. The van der Waals surface area contributed by atoms with Crippen LogP contribution in [0.2, 0.25) is 0 Å². The zero-order valence-electron chi connectivity index (χ0n) is 13.4. The van der Waals surface area contributed by atoms with Crippen molar-refractivity contribution < 1.29 is 9.53 Å². The van der Waals surface area contributed by atoms with Gasteiger partial charge in [-0.1, -0.05) is 19.3 Å². The van der Waals surface area contributed by atoms with Gasteiger partial charge in [0.2, 0.25) is 5.91 Å². The van der Waals surface area contributed by atoms with E-state index in [4.69, 9.17) is 4.74 Å². The van der Waals surface area contributed by atoms with Gasteiger partial charge < -0.3 is 9.64 Å². The highest BCUT2D eigenvalue weighted by Crippen LogP contribution is 2.34. The van der Waals surface area contributed by atoms with Crippen molar-refractivity contribution in [1.29, 1.82) is 0 Å². The van der Waals surface area contributed by atoms with E-state index in [-0.39, 0.29) is 0 Å². The fourth-order valence-corrected chi connectivity index (χ4v) is 4.64. The minimum Gasteiger partial charge on any atom is -0.383 e. The number of fused-ring (bicyclic) bond motifs is 1. The zero-order chi connectivity index (χ0) is 14.7. The maximum atomic E-state index is 12.2. The smallest absolute Gasteiger partial charge is 0.222 e. The molecule has 120 valence electrons. The number of ether oxygens (including phenoxy) is 1. The van der Waals surface area contributed by atoms with Crippen molar-refractivity contribution in [3.8, 4) is 0 Å². The third-order valence-corrected chi connectivity index (χ3v) is 5.80. The van der Waals surface area contributed by atoms with E-state index in [1.807, 2.05) is 0 Å². The first-order valence-electron chi connectivity index (χ1n) is 8.82. The number of amides is 1. The molecule has 2 atom stereocenters. The molecule has 4 heteroatoms. The van der Waals surface area contributed by atoms with Crippen molar-refractivity contribution in [2.75, 3.05) is 33.4 Å². The van der Waals surface area contributed by atoms with Gasteiger partial charge in [0.25, 0.3) is 0 Å². The highest BCUT2D eigenvalue weighted by molar-refractivity contribution is 5.77. The Balaban J connectivity index is 1.59. The molecule has 0 aromatic rings. The number of hydrogen-bond donors (Lipinski definition) is 0. The standard InChI is InChI=1S/C17H30N2O2/c1-21-12-11-19-16-9-10-18(15-5-3-2-4-6-15)13-14(16)7-8-17(19)20/h14-16H,2-13H2,1H3/t14-,16+/m1/s1. The largest absolute Gasteiger partial charge is 0.383 e. The average Bonchev–Trinajstić information content (AvgIpc) is 2.54. The molecule has 0 unspecified atom stereocenters. The third kappa shape index (κ3) is 3.42. The minimum absolute atomic E-state index is 0.347. The Hall–Kier alpha value is -0.610. The highest BCUT2D eigenvalue weighted by Gasteiger charge is 2.40. The first-order chi connectivity index (χ1) is 10.3. The fourth-order valence-electron chi connectivity index (χ4n) is 4.64. The minimum atomic E-state index is 0.347. The van der Waals surface area contributed by atoms with E-state index in [0.29, 0.717) is 24.5 Å². The van der Waals surface area contributed by atoms with Gasteiger partial charge in [-0.3, -0.25) is 9.69 Å². The molecule has 1 saturated carbocycles. The summed E-state index contributed by atoms with van der Waals surface area (Å²) in [5, 5.41) is 0. The average molecular weight is 294 g/mol. The quantitative estimate of drug-likeness (QED) is 0.797. The Labute approximate surface area is 128 Å². The van der Waals surface area contributed by atoms with Crippen LogP contribution in [0.3, 0.4) is 0 Å². The first-order valence-corrected chi connectivity index (χ1v) is 8.82. The molecule has 4 nitrogen and oxygen atoms in total. The van der Waals surface area contributed by atoms with Crippen LogP contribution in [-0.4, -0.2) is 61.1 Å². The second kappa shape index (κ2) is 7.10. The normalized spacial score (nSPS) is 32.2. The lowest BCUT2D eigenvalue weighted by atomic mass is 9.82. The van der Waals surface area contributed by atoms with Crippen molar-refractivity contribution in [2.24, 2.45) is 5.92 Å². The van der Waals surface area contributed by atoms with Crippen LogP contribution in [0.15, 0.2) is 0 Å². The van der Waals surface area contributed by atoms with Crippen LogP contribution in [0.5, 0.6) is 0 Å². The van der Waals surface area contributed by atoms with Crippen molar-refractivity contribution in [1.82, 2.24) is 9.80 Å². The Bertz CT molecular complexity index is 355. The lowest BCUT2D eigenvalue weighted by molar-refractivity contribution is -0.142. The molecule has 1 amide bonds. The summed E-state index contributed by atoms with van der Waals surface area (Å²) in [6.07, 6.45) is 10.0. The summed E-state index contributed by atoms with van der Waals surface area (Å²) in [6, 6.07) is 1.30. The first kappa shape index (κ1) is 15.3. The summed E-state index contributed by atoms with van der Waals surface area (Å²) in [5.41, 5.74) is 0. The van der Waals surface area contributed by atoms with Crippen LogP contribution < -0.4 is 0 Å². The molecule has 1 aliphatic carbocycles. The molecule has 0 spiro atoms. The van der Waals surface area contributed by atoms with Gasteiger partial charge in [-0.15, -0.1) is 0 Å². The predicted molar refractivity (Wildman–Crippen MR) is 83.2 cm³/mol. The number of hydrogen-bond acceptors (Lipinski definition) is 3. The summed E-state index contributed by atoms with van der Waals surface area (Å²) in [7, 11) is 1.72. The maximum Gasteiger partial charge on any atom is 0.222 e. The molecule has 0 N–H and O–H groups in total. The number of likely N-dealkylation sites (tertiary alicyclic amines) is 2. The number of carbonyl (C=O) groups excluding carboxylic acids is 1. The van der Waals surface area contributed by atoms with Crippen molar-refractivity contribution in [2.45, 2.75) is 63.5 Å². The van der Waals surface area contributed by atoms with E-state index in [2.05, 4.69) is 9.80 Å². The molecule has 3 aliphatic rings. The van der Waals surface area contributed by atoms with E-state index in [9.17, 15) is 4.79 Å². The molecule has 0 aromatic carbocycles. The van der Waals surface area contributed by atoms with Crippen LogP contribution in [-0.2, 0) is 9.53 Å². The van der Waals surface area contributed by atoms with Crippen LogP contribution >= 0.6 is 0 Å². The molecular formula is C17H30N2O2. The van der Waals surface area contributed by atoms with E-state index in [1.54, 1.807) is 7.11 Å². The molecule has 3 fully saturated rings. The monoisotopic (exact) mass is 294 g/mol. The second-order valence-corrected chi connectivity index (χ2v) is 7.02. The van der Waals surface area contributed by atoms with Gasteiger partial charge >= 0.3 is 0 Å². The Morgan fingerprint density at radius 3 is 2.71 bits per heavy atom. The molecular weight excluding hydrogens is 264 g/mol. The summed E-state index contributed by atoms with van der Waals surface area (Å²) < 4.78 is 5.18. The number of piperidine rings is 2. The number of rotatable bonds is 4. The molecule has 0 aromatic heterocycles. The van der Waals surface area contributed by atoms with Crippen molar-refractivity contribution in [3.63, 3.8) is 0 Å². The molecule has 3 rings (SSSR count). The topological polar surface area (TPSA) is 32.8 Å². The van der Waals surface area contributed by atoms with E-state index >= 15 is 0 Å². The van der Waals surface area contributed by atoms with E-state index in [1.165, 1.54) is 45.2 Å². The molecule has 2 aliphatic heterocycles. The van der Waals surface area contributed by atoms with Crippen LogP contribution in [0.25, 0.3) is 0 Å². The van der Waals surface area contributed by atoms with Crippen LogP contribution in [0.4, 0.5) is 0 Å². The second-order valence-electron chi connectivity index (χ2n) is 7.02. The van der Waals surface area contributed by atoms with Crippen molar-refractivity contribution >= 4 is 5.91 Å². The summed E-state index contributed by atoms with van der Waals surface area (Å²) in [5.74, 6) is 1.04. The molecule has 2 saturated heterocycles. The van der Waals surface area contributed by atoms with Gasteiger partial charge in [-0.2, -0.15) is 0 Å². The Morgan fingerprint density at radius 2 is 1.95 bits per heavy atom. The number of carbonyl (C=O) groups is 1. The summed E-state index contributed by atoms with van der Waals surface area (Å²) in [4.78, 5) is 17.1. The number of methoxy groups -OCH3 is 1. The van der Waals surface area contributed by atoms with Gasteiger partial charge in [0.15, 0.2) is 0 Å². The molecule has 0 radical (unpaired) electrons. The van der Waals surface area contributed by atoms with E-state index < -0.39 is 0 Å². The SMILES string of the molecule is COCCN1C(=O)CC[C@@H]2CN(C3CCCCC3)CC[C@@H]21. The maximum absolute atomic E-state index is 12.2. The fraction of sp³-hybridized carbons (Fsp3) is 0.941.